The van der Waals surface area contributed by atoms with Crippen LogP contribution in [0.3, 0.4) is 0 Å². The molecule has 0 fully saturated rings. The maximum atomic E-state index is 11.9. The molecule has 1 rings (SSSR count). The van der Waals surface area contributed by atoms with Gasteiger partial charge in [0, 0.05) is 6.08 Å². The highest BCUT2D eigenvalue weighted by atomic mass is 16.5. The summed E-state index contributed by atoms with van der Waals surface area (Å²) in [6.07, 6.45) is 1.51. The topological polar surface area (TPSA) is 55.4 Å². The number of amides is 1. The second-order valence-corrected chi connectivity index (χ2v) is 4.93. The van der Waals surface area contributed by atoms with E-state index >= 15 is 0 Å². The van der Waals surface area contributed by atoms with Crippen LogP contribution in [0.1, 0.15) is 32.4 Å². The molecule has 1 aromatic carbocycles. The number of rotatable bonds is 5. The minimum Gasteiger partial charge on any atom is -0.469 e. The van der Waals surface area contributed by atoms with Crippen molar-refractivity contribution in [3.63, 3.8) is 0 Å². The van der Waals surface area contributed by atoms with Crippen molar-refractivity contribution < 1.29 is 14.3 Å². The summed E-state index contributed by atoms with van der Waals surface area (Å²) in [7, 11) is 1.35. The van der Waals surface area contributed by atoms with Gasteiger partial charge in [-0.15, -0.1) is 0 Å². The molecule has 0 saturated carbocycles. The Morgan fingerprint density at radius 3 is 2.30 bits per heavy atom. The van der Waals surface area contributed by atoms with Crippen molar-refractivity contribution >= 4 is 11.9 Å². The fraction of sp³-hybridized carbons (Fsp3) is 0.375. The molecule has 0 aliphatic heterocycles. The monoisotopic (exact) mass is 275 g/mol. The smallest absolute Gasteiger partial charge is 0.310 e. The van der Waals surface area contributed by atoms with Crippen LogP contribution < -0.4 is 5.32 Å². The van der Waals surface area contributed by atoms with Crippen molar-refractivity contribution in [2.75, 3.05) is 7.11 Å². The van der Waals surface area contributed by atoms with Crippen molar-refractivity contribution in [2.45, 2.75) is 26.8 Å². The molecule has 1 aromatic rings. The average molecular weight is 275 g/mol. The average Bonchev–Trinajstić information content (AvgIpc) is 2.43. The first-order valence-corrected chi connectivity index (χ1v) is 6.54. The number of ether oxygens (including phenoxy) is 1. The molecule has 108 valence electrons. The molecule has 1 N–H and O–H groups in total. The van der Waals surface area contributed by atoms with Gasteiger partial charge in [-0.25, -0.2) is 0 Å². The van der Waals surface area contributed by atoms with Crippen molar-refractivity contribution in [1.82, 2.24) is 5.32 Å². The molecule has 0 bridgehead atoms. The van der Waals surface area contributed by atoms with Gasteiger partial charge in [-0.1, -0.05) is 35.9 Å². The summed E-state index contributed by atoms with van der Waals surface area (Å²) in [6, 6.07) is 8.99. The van der Waals surface area contributed by atoms with Gasteiger partial charge in [0.15, 0.2) is 0 Å². The first kappa shape index (κ1) is 16.0. The number of hydrogen-bond donors (Lipinski definition) is 1. The third-order valence-corrected chi connectivity index (χ3v) is 2.95. The molecular weight excluding hydrogens is 254 g/mol. The van der Waals surface area contributed by atoms with Gasteiger partial charge >= 0.3 is 5.97 Å². The van der Waals surface area contributed by atoms with E-state index in [0.29, 0.717) is 0 Å². The zero-order valence-corrected chi connectivity index (χ0v) is 12.3. The third-order valence-electron chi connectivity index (χ3n) is 2.95. The maximum Gasteiger partial charge on any atom is 0.310 e. The lowest BCUT2D eigenvalue weighted by molar-refractivity contribution is -0.146. The highest BCUT2D eigenvalue weighted by molar-refractivity contribution is 5.89. The molecular formula is C16H21NO3. The number of benzene rings is 1. The van der Waals surface area contributed by atoms with E-state index in [0.717, 1.165) is 11.1 Å². The molecule has 0 saturated heterocycles. The highest BCUT2D eigenvalue weighted by Crippen LogP contribution is 2.23. The van der Waals surface area contributed by atoms with Crippen LogP contribution in [0.5, 0.6) is 0 Å². The predicted molar refractivity (Wildman–Crippen MR) is 77.9 cm³/mol. The first-order chi connectivity index (χ1) is 9.45. The Kier molecular flexibility index (Phi) is 5.97. The van der Waals surface area contributed by atoms with E-state index in [-0.39, 0.29) is 11.9 Å². The standard InChI is InChI=1S/C16H21NO3/c1-11(2)10-14(18)17-15(12(3)16(19)20-4)13-8-6-5-7-9-13/h5-10,12,15H,1-4H3,(H,17,18)/t12-,15-/m0/s1. The van der Waals surface area contributed by atoms with Gasteiger partial charge < -0.3 is 10.1 Å². The van der Waals surface area contributed by atoms with E-state index in [9.17, 15) is 9.59 Å². The van der Waals surface area contributed by atoms with Crippen molar-refractivity contribution in [2.24, 2.45) is 5.92 Å². The molecule has 1 amide bonds. The van der Waals surface area contributed by atoms with Gasteiger partial charge in [-0.05, 0) is 26.3 Å². The highest BCUT2D eigenvalue weighted by Gasteiger charge is 2.27. The van der Waals surface area contributed by atoms with Gasteiger partial charge in [0.05, 0.1) is 19.1 Å². The Balaban J connectivity index is 2.99. The summed E-state index contributed by atoms with van der Waals surface area (Å²) < 4.78 is 4.77. The number of carbonyl (C=O) groups is 2. The SMILES string of the molecule is COC(=O)[C@@H](C)[C@H](NC(=O)C=C(C)C)c1ccccc1. The molecule has 4 nitrogen and oxygen atoms in total. The fourth-order valence-electron chi connectivity index (χ4n) is 1.94. The zero-order chi connectivity index (χ0) is 15.1. The summed E-state index contributed by atoms with van der Waals surface area (Å²) >= 11 is 0. The second-order valence-electron chi connectivity index (χ2n) is 4.93. The largest absolute Gasteiger partial charge is 0.469 e. The molecule has 2 atom stereocenters. The van der Waals surface area contributed by atoms with Crippen molar-refractivity contribution in [3.05, 3.63) is 47.5 Å². The van der Waals surface area contributed by atoms with Gasteiger partial charge in [-0.2, -0.15) is 0 Å². The van der Waals surface area contributed by atoms with Crippen LogP contribution in [0.4, 0.5) is 0 Å². The first-order valence-electron chi connectivity index (χ1n) is 6.54. The van der Waals surface area contributed by atoms with Gasteiger partial charge in [-0.3, -0.25) is 9.59 Å². The Morgan fingerprint density at radius 2 is 1.80 bits per heavy atom. The van der Waals surface area contributed by atoms with E-state index in [1.807, 2.05) is 44.2 Å². The number of carbonyl (C=O) groups excluding carboxylic acids is 2. The molecule has 20 heavy (non-hydrogen) atoms. The quantitative estimate of drug-likeness (QED) is 0.664. The van der Waals surface area contributed by atoms with Crippen molar-refractivity contribution in [3.8, 4) is 0 Å². The van der Waals surface area contributed by atoms with Crippen LogP contribution in [0.15, 0.2) is 42.0 Å². The number of nitrogens with one attached hydrogen (secondary N) is 1. The van der Waals surface area contributed by atoms with Gasteiger partial charge in [0.2, 0.25) is 5.91 Å². The minimum atomic E-state index is -0.461. The molecule has 0 spiro atoms. The van der Waals surface area contributed by atoms with Crippen LogP contribution in [-0.2, 0) is 14.3 Å². The molecule has 0 heterocycles. The fourth-order valence-corrected chi connectivity index (χ4v) is 1.94. The molecule has 0 radical (unpaired) electrons. The molecule has 0 unspecified atom stereocenters. The van der Waals surface area contributed by atoms with E-state index in [4.69, 9.17) is 4.74 Å². The summed E-state index contributed by atoms with van der Waals surface area (Å²) in [6.45, 7) is 5.44. The van der Waals surface area contributed by atoms with Crippen LogP contribution in [0.25, 0.3) is 0 Å². The van der Waals surface area contributed by atoms with E-state index < -0.39 is 12.0 Å². The molecule has 0 aliphatic carbocycles. The van der Waals surface area contributed by atoms with Gasteiger partial charge in [0.25, 0.3) is 0 Å². The van der Waals surface area contributed by atoms with Crippen molar-refractivity contribution in [1.29, 1.82) is 0 Å². The summed E-state index contributed by atoms with van der Waals surface area (Å²) in [4.78, 5) is 23.7. The maximum absolute atomic E-state index is 11.9. The molecule has 0 aliphatic rings. The number of esters is 1. The van der Waals surface area contributed by atoms with E-state index in [1.54, 1.807) is 6.92 Å². The Morgan fingerprint density at radius 1 is 1.20 bits per heavy atom. The zero-order valence-electron chi connectivity index (χ0n) is 12.3. The number of methoxy groups -OCH3 is 1. The third kappa shape index (κ3) is 4.53. The van der Waals surface area contributed by atoms with E-state index in [1.165, 1.54) is 13.2 Å². The predicted octanol–water partition coefficient (Wildman–Crippen LogP) is 2.62. The van der Waals surface area contributed by atoms with Crippen LogP contribution >= 0.6 is 0 Å². The summed E-state index contributed by atoms with van der Waals surface area (Å²) in [5.41, 5.74) is 1.78. The lowest BCUT2D eigenvalue weighted by Gasteiger charge is -2.23. The lowest BCUT2D eigenvalue weighted by Crippen LogP contribution is -2.35. The lowest BCUT2D eigenvalue weighted by atomic mass is 9.94. The van der Waals surface area contributed by atoms with Gasteiger partial charge in [0.1, 0.15) is 0 Å². The van der Waals surface area contributed by atoms with E-state index in [2.05, 4.69) is 5.32 Å². The summed E-state index contributed by atoms with van der Waals surface area (Å²) in [5.74, 6) is -1.03. The Hall–Kier alpha value is -2.10. The van der Waals surface area contributed by atoms with Crippen LogP contribution in [-0.4, -0.2) is 19.0 Å². The Labute approximate surface area is 119 Å². The molecule has 4 heteroatoms. The minimum absolute atomic E-state index is 0.213. The number of allylic oxidation sites excluding steroid dienone is 1. The van der Waals surface area contributed by atoms with Crippen LogP contribution in [0, 0.1) is 5.92 Å². The normalized spacial score (nSPS) is 13.0. The van der Waals surface area contributed by atoms with Crippen LogP contribution in [0.2, 0.25) is 0 Å². The summed E-state index contributed by atoms with van der Waals surface area (Å²) in [5, 5.41) is 2.86. The second kappa shape index (κ2) is 7.48. The molecule has 0 aromatic heterocycles. The number of hydrogen-bond acceptors (Lipinski definition) is 3. The Bertz CT molecular complexity index is 490.